The number of carbonyl (C=O) groups is 1. The molecule has 200 valence electrons. The molecule has 1 amide bonds. The summed E-state index contributed by atoms with van der Waals surface area (Å²) in [4.78, 5) is 24.7. The van der Waals surface area contributed by atoms with E-state index in [2.05, 4.69) is 15.1 Å². The molecule has 13 nitrogen and oxygen atoms in total. The number of nitrogens with zero attached hydrogens (tertiary/aromatic N) is 4. The summed E-state index contributed by atoms with van der Waals surface area (Å²) >= 11 is 0. The van der Waals surface area contributed by atoms with Gasteiger partial charge in [0.1, 0.15) is 17.1 Å². The van der Waals surface area contributed by atoms with Gasteiger partial charge in [0.05, 0.1) is 16.1 Å². The average molecular weight is 569 g/mol. The molecule has 3 aromatic carbocycles. The number of fused-ring (bicyclic) bond motifs is 3. The summed E-state index contributed by atoms with van der Waals surface area (Å²) in [5.41, 5.74) is 0.364. The van der Waals surface area contributed by atoms with E-state index in [4.69, 9.17) is 0 Å². The van der Waals surface area contributed by atoms with Crippen LogP contribution < -0.4 is 14.3 Å². The first-order chi connectivity index (χ1) is 18.4. The first-order valence-electron chi connectivity index (χ1n) is 11.2. The minimum atomic E-state index is -4.08. The lowest BCUT2D eigenvalue weighted by Crippen LogP contribution is -2.32. The van der Waals surface area contributed by atoms with Gasteiger partial charge in [0.25, 0.3) is 21.6 Å². The molecule has 39 heavy (non-hydrogen) atoms. The van der Waals surface area contributed by atoms with Crippen molar-refractivity contribution in [1.29, 1.82) is 0 Å². The van der Waals surface area contributed by atoms with Gasteiger partial charge in [-0.15, -0.1) is 0 Å². The van der Waals surface area contributed by atoms with Crippen LogP contribution in [0, 0.1) is 10.1 Å². The van der Waals surface area contributed by atoms with Gasteiger partial charge in [-0.1, -0.05) is 30.3 Å². The van der Waals surface area contributed by atoms with E-state index in [0.717, 1.165) is 10.6 Å². The van der Waals surface area contributed by atoms with Crippen LogP contribution in [0.15, 0.2) is 77.7 Å². The van der Waals surface area contributed by atoms with Gasteiger partial charge < -0.3 is 5.32 Å². The standard InChI is InChI=1S/C24H20N6O7S2/c1-28-23-21(24(31)25-15-11-13-16(14-12-15)27-38(2,34)35)26-29(18-8-4-5-9-19(18)30(32)33)22(23)17-7-3-6-10-20(17)39(28,36)37/h3-14,27H,1-2H3,(H,25,31). The Bertz CT molecular complexity index is 1870. The maximum Gasteiger partial charge on any atom is 0.294 e. The molecule has 0 unspecified atom stereocenters. The normalized spacial score (nSPS) is 13.7. The average Bonchev–Trinajstić information content (AvgIpc) is 3.28. The number of para-hydroxylation sites is 2. The van der Waals surface area contributed by atoms with Crippen LogP contribution in [0.2, 0.25) is 0 Å². The molecule has 1 aliphatic heterocycles. The van der Waals surface area contributed by atoms with Crippen molar-refractivity contribution < 1.29 is 26.6 Å². The van der Waals surface area contributed by atoms with Crippen molar-refractivity contribution in [2.75, 3.05) is 27.6 Å². The van der Waals surface area contributed by atoms with E-state index in [-0.39, 0.29) is 50.3 Å². The van der Waals surface area contributed by atoms with Crippen molar-refractivity contribution in [2.45, 2.75) is 4.90 Å². The summed E-state index contributed by atoms with van der Waals surface area (Å²) in [5.74, 6) is -0.783. The Balaban J connectivity index is 1.68. The zero-order chi connectivity index (χ0) is 28.1. The second kappa shape index (κ2) is 9.21. The highest BCUT2D eigenvalue weighted by molar-refractivity contribution is 7.93. The number of amides is 1. The third-order valence-corrected chi connectivity index (χ3v) is 8.35. The zero-order valence-corrected chi connectivity index (χ0v) is 22.0. The summed E-state index contributed by atoms with van der Waals surface area (Å²) in [7, 11) is -6.31. The van der Waals surface area contributed by atoms with Crippen LogP contribution in [-0.2, 0) is 20.0 Å². The van der Waals surface area contributed by atoms with Gasteiger partial charge in [-0.3, -0.25) is 23.9 Å². The fourth-order valence-corrected chi connectivity index (χ4v) is 6.22. The highest BCUT2D eigenvalue weighted by Gasteiger charge is 2.40. The lowest BCUT2D eigenvalue weighted by molar-refractivity contribution is -0.384. The molecule has 5 rings (SSSR count). The van der Waals surface area contributed by atoms with Gasteiger partial charge >= 0.3 is 0 Å². The van der Waals surface area contributed by atoms with Crippen LogP contribution in [-0.4, -0.2) is 50.8 Å². The van der Waals surface area contributed by atoms with Crippen LogP contribution in [0.3, 0.4) is 0 Å². The second-order valence-electron chi connectivity index (χ2n) is 8.58. The topological polar surface area (TPSA) is 174 Å². The van der Waals surface area contributed by atoms with Gasteiger partial charge in [0.15, 0.2) is 5.69 Å². The van der Waals surface area contributed by atoms with Crippen molar-refractivity contribution in [1.82, 2.24) is 9.78 Å². The molecule has 0 bridgehead atoms. The number of anilines is 3. The van der Waals surface area contributed by atoms with Crippen LogP contribution in [0.4, 0.5) is 22.7 Å². The van der Waals surface area contributed by atoms with Gasteiger partial charge in [-0.05, 0) is 36.4 Å². The predicted octanol–water partition coefficient (Wildman–Crippen LogP) is 3.21. The Kier molecular flexibility index (Phi) is 6.11. The fourth-order valence-electron chi connectivity index (χ4n) is 4.26. The SMILES string of the molecule is CN1c2c(C(=O)Nc3ccc(NS(C)(=O)=O)cc3)nn(-c3ccccc3[N+](=O)[O-])c2-c2ccccc2S1(=O)=O. The molecule has 0 saturated heterocycles. The highest BCUT2D eigenvalue weighted by Crippen LogP contribution is 2.46. The van der Waals surface area contributed by atoms with Crippen LogP contribution in [0.25, 0.3) is 16.9 Å². The van der Waals surface area contributed by atoms with Gasteiger partial charge in [0.2, 0.25) is 10.0 Å². The number of nitro benzene ring substituents is 1. The molecule has 1 aliphatic rings. The van der Waals surface area contributed by atoms with Crippen molar-refractivity contribution in [3.05, 3.63) is 88.6 Å². The molecule has 2 N–H and O–H groups in total. The minimum Gasteiger partial charge on any atom is -0.321 e. The van der Waals surface area contributed by atoms with E-state index < -0.39 is 30.9 Å². The minimum absolute atomic E-state index is 0.0384. The van der Waals surface area contributed by atoms with E-state index in [1.165, 1.54) is 60.3 Å². The number of hydrogen-bond donors (Lipinski definition) is 2. The number of benzene rings is 3. The molecular weight excluding hydrogens is 548 g/mol. The quantitative estimate of drug-likeness (QED) is 0.263. The van der Waals surface area contributed by atoms with Crippen molar-refractivity contribution in [2.24, 2.45) is 0 Å². The van der Waals surface area contributed by atoms with Gasteiger partial charge in [-0.25, -0.2) is 21.5 Å². The maximum atomic E-state index is 13.5. The van der Waals surface area contributed by atoms with E-state index >= 15 is 0 Å². The molecule has 1 aromatic heterocycles. The molecule has 0 saturated carbocycles. The van der Waals surface area contributed by atoms with E-state index in [9.17, 15) is 31.7 Å². The largest absolute Gasteiger partial charge is 0.321 e. The Morgan fingerprint density at radius 3 is 2.26 bits per heavy atom. The third kappa shape index (κ3) is 4.57. The molecule has 4 aromatic rings. The number of aromatic nitrogens is 2. The fraction of sp³-hybridized carbons (Fsp3) is 0.0833. The van der Waals surface area contributed by atoms with Gasteiger partial charge in [0, 0.05) is 30.1 Å². The van der Waals surface area contributed by atoms with E-state index in [1.54, 1.807) is 24.3 Å². The Hall–Kier alpha value is -4.76. The number of nitrogens with one attached hydrogen (secondary N) is 2. The molecule has 0 aliphatic carbocycles. The smallest absolute Gasteiger partial charge is 0.294 e. The third-order valence-electron chi connectivity index (χ3n) is 5.92. The van der Waals surface area contributed by atoms with Crippen LogP contribution in [0.5, 0.6) is 0 Å². The summed E-state index contributed by atoms with van der Waals surface area (Å²) in [6, 6.07) is 17.7. The summed E-state index contributed by atoms with van der Waals surface area (Å²) in [6.45, 7) is 0. The summed E-state index contributed by atoms with van der Waals surface area (Å²) in [6.07, 6.45) is 1.00. The number of sulfonamides is 2. The first-order valence-corrected chi connectivity index (χ1v) is 14.6. The summed E-state index contributed by atoms with van der Waals surface area (Å²) in [5, 5.41) is 18.8. The Morgan fingerprint density at radius 1 is 0.974 bits per heavy atom. The van der Waals surface area contributed by atoms with Crippen molar-refractivity contribution in [3.8, 4) is 16.9 Å². The second-order valence-corrected chi connectivity index (χ2v) is 12.3. The van der Waals surface area contributed by atoms with Crippen LogP contribution >= 0.6 is 0 Å². The molecule has 15 heteroatoms. The Morgan fingerprint density at radius 2 is 1.59 bits per heavy atom. The number of nitro groups is 1. The first kappa shape index (κ1) is 25.9. The van der Waals surface area contributed by atoms with E-state index in [1.807, 2.05) is 0 Å². The number of carbonyl (C=O) groups excluding carboxylic acids is 1. The van der Waals surface area contributed by atoms with Crippen LogP contribution in [0.1, 0.15) is 10.5 Å². The highest BCUT2D eigenvalue weighted by atomic mass is 32.2. The van der Waals surface area contributed by atoms with Gasteiger partial charge in [-0.2, -0.15) is 5.10 Å². The Labute approximate surface area is 222 Å². The molecular formula is C24H20N6O7S2. The van der Waals surface area contributed by atoms with Crippen molar-refractivity contribution in [3.63, 3.8) is 0 Å². The molecule has 0 atom stereocenters. The molecule has 0 fully saturated rings. The lowest BCUT2D eigenvalue weighted by atomic mass is 10.1. The predicted molar refractivity (Wildman–Crippen MR) is 144 cm³/mol. The van der Waals surface area contributed by atoms with E-state index in [0.29, 0.717) is 0 Å². The number of rotatable bonds is 6. The molecule has 0 spiro atoms. The number of hydrogen-bond acceptors (Lipinski definition) is 8. The molecule has 0 radical (unpaired) electrons. The maximum absolute atomic E-state index is 13.5. The molecule has 2 heterocycles. The lowest BCUT2D eigenvalue weighted by Gasteiger charge is -2.27. The van der Waals surface area contributed by atoms with Crippen molar-refractivity contribution >= 4 is 48.7 Å². The summed E-state index contributed by atoms with van der Waals surface area (Å²) < 4.78 is 54.1. The zero-order valence-electron chi connectivity index (χ0n) is 20.4. The monoisotopic (exact) mass is 568 g/mol.